The normalized spacial score (nSPS) is 21.1. The number of hydrogen-bond donors (Lipinski definition) is 2. The van der Waals surface area contributed by atoms with Gasteiger partial charge in [0.05, 0.1) is 18.7 Å². The molecule has 4 nitrogen and oxygen atoms in total. The standard InChI is InChI=1S/C17H23N3OS/c1-12(2)16-19-15(22-20-16)10-18-17(11-21)9-5-7-13-6-3-4-8-14(13)17/h3-4,6,8,12,18,21H,5,7,9-11H2,1-2H3. The van der Waals surface area contributed by atoms with Gasteiger partial charge < -0.3 is 5.11 Å². The third-order valence-electron chi connectivity index (χ3n) is 4.43. The minimum absolute atomic E-state index is 0.111. The number of fused-ring (bicyclic) bond motifs is 1. The van der Waals surface area contributed by atoms with Gasteiger partial charge in [-0.25, -0.2) is 4.98 Å². The Hall–Kier alpha value is -1.30. The molecule has 5 heteroatoms. The first-order valence-corrected chi connectivity index (χ1v) is 8.69. The van der Waals surface area contributed by atoms with Crippen LogP contribution in [0.4, 0.5) is 0 Å². The molecule has 3 rings (SSSR count). The molecule has 0 aliphatic heterocycles. The summed E-state index contributed by atoms with van der Waals surface area (Å²) in [5, 5.41) is 14.6. The molecule has 1 aliphatic rings. The smallest absolute Gasteiger partial charge is 0.145 e. The fourth-order valence-electron chi connectivity index (χ4n) is 3.14. The number of aromatic nitrogens is 2. The van der Waals surface area contributed by atoms with Crippen molar-refractivity contribution in [2.45, 2.75) is 51.1 Å². The van der Waals surface area contributed by atoms with Crippen LogP contribution in [-0.4, -0.2) is 21.1 Å². The first-order valence-electron chi connectivity index (χ1n) is 7.91. The van der Waals surface area contributed by atoms with Crippen molar-refractivity contribution in [1.82, 2.24) is 14.7 Å². The molecule has 0 radical (unpaired) electrons. The van der Waals surface area contributed by atoms with Gasteiger partial charge in [0.15, 0.2) is 0 Å². The van der Waals surface area contributed by atoms with Gasteiger partial charge in [-0.3, -0.25) is 5.32 Å². The van der Waals surface area contributed by atoms with Gasteiger partial charge in [-0.15, -0.1) is 0 Å². The number of nitrogens with zero attached hydrogens (tertiary/aromatic N) is 2. The van der Waals surface area contributed by atoms with Crippen LogP contribution < -0.4 is 5.32 Å². The van der Waals surface area contributed by atoms with E-state index >= 15 is 0 Å². The van der Waals surface area contributed by atoms with E-state index in [1.165, 1.54) is 22.7 Å². The van der Waals surface area contributed by atoms with Gasteiger partial charge >= 0.3 is 0 Å². The Morgan fingerprint density at radius 1 is 1.36 bits per heavy atom. The van der Waals surface area contributed by atoms with Crippen molar-refractivity contribution in [3.63, 3.8) is 0 Å². The highest BCUT2D eigenvalue weighted by Crippen LogP contribution is 2.35. The number of aryl methyl sites for hydroxylation is 1. The molecule has 1 atom stereocenters. The largest absolute Gasteiger partial charge is 0.394 e. The molecule has 1 aliphatic carbocycles. The van der Waals surface area contributed by atoms with Crippen LogP contribution in [-0.2, 0) is 18.5 Å². The summed E-state index contributed by atoms with van der Waals surface area (Å²) >= 11 is 1.45. The van der Waals surface area contributed by atoms with Crippen molar-refractivity contribution in [1.29, 1.82) is 0 Å². The van der Waals surface area contributed by atoms with Gasteiger partial charge in [0.25, 0.3) is 0 Å². The molecule has 22 heavy (non-hydrogen) atoms. The first-order chi connectivity index (χ1) is 10.6. The van der Waals surface area contributed by atoms with E-state index in [0.29, 0.717) is 12.5 Å². The number of benzene rings is 1. The Kier molecular flexibility index (Phi) is 4.57. The average molecular weight is 317 g/mol. The van der Waals surface area contributed by atoms with Crippen LogP contribution in [0, 0.1) is 0 Å². The van der Waals surface area contributed by atoms with E-state index in [9.17, 15) is 5.11 Å². The molecule has 0 amide bonds. The van der Waals surface area contributed by atoms with E-state index in [-0.39, 0.29) is 12.1 Å². The summed E-state index contributed by atoms with van der Waals surface area (Å²) in [6, 6.07) is 8.43. The number of rotatable bonds is 5. The highest BCUT2D eigenvalue weighted by molar-refractivity contribution is 7.05. The topological polar surface area (TPSA) is 58.0 Å². The zero-order valence-corrected chi connectivity index (χ0v) is 14.0. The molecular weight excluding hydrogens is 294 g/mol. The third kappa shape index (κ3) is 2.93. The van der Waals surface area contributed by atoms with E-state index in [2.05, 4.69) is 52.8 Å². The van der Waals surface area contributed by atoms with Crippen LogP contribution in [0.15, 0.2) is 24.3 Å². The van der Waals surface area contributed by atoms with Crippen molar-refractivity contribution >= 4 is 11.5 Å². The lowest BCUT2D eigenvalue weighted by molar-refractivity contribution is 0.140. The lowest BCUT2D eigenvalue weighted by Gasteiger charge is -2.38. The molecule has 118 valence electrons. The summed E-state index contributed by atoms with van der Waals surface area (Å²) in [5.74, 6) is 1.26. The molecule has 2 aromatic rings. The second-order valence-corrected chi connectivity index (χ2v) is 7.14. The number of aliphatic hydroxyl groups excluding tert-OH is 1. The van der Waals surface area contributed by atoms with Crippen LogP contribution in [0.2, 0.25) is 0 Å². The fourth-order valence-corrected chi connectivity index (χ4v) is 3.86. The molecule has 1 aromatic heterocycles. The summed E-state index contributed by atoms with van der Waals surface area (Å²) in [5.41, 5.74) is 2.23. The molecule has 0 saturated carbocycles. The molecule has 1 aromatic carbocycles. The first kappa shape index (κ1) is 15.6. The molecular formula is C17H23N3OS. The maximum atomic E-state index is 10.1. The zero-order valence-electron chi connectivity index (χ0n) is 13.2. The molecule has 0 spiro atoms. The van der Waals surface area contributed by atoms with E-state index in [4.69, 9.17) is 0 Å². The van der Waals surface area contributed by atoms with E-state index in [1.807, 2.05) is 0 Å². The van der Waals surface area contributed by atoms with Crippen LogP contribution in [0.1, 0.15) is 54.6 Å². The Balaban J connectivity index is 1.80. The molecule has 1 unspecified atom stereocenters. The van der Waals surface area contributed by atoms with Gasteiger partial charge in [-0.2, -0.15) is 4.37 Å². The summed E-state index contributed by atoms with van der Waals surface area (Å²) < 4.78 is 4.40. The lowest BCUT2D eigenvalue weighted by atomic mass is 9.77. The van der Waals surface area contributed by atoms with Crippen molar-refractivity contribution in [2.75, 3.05) is 6.61 Å². The van der Waals surface area contributed by atoms with E-state index < -0.39 is 0 Å². The predicted octanol–water partition coefficient (Wildman–Crippen LogP) is 2.98. The van der Waals surface area contributed by atoms with Crippen LogP contribution in [0.3, 0.4) is 0 Å². The average Bonchev–Trinajstić information content (AvgIpc) is 3.02. The van der Waals surface area contributed by atoms with Crippen molar-refractivity contribution < 1.29 is 5.11 Å². The summed E-state index contributed by atoms with van der Waals surface area (Å²) in [4.78, 5) is 4.58. The number of aliphatic hydroxyl groups is 1. The maximum absolute atomic E-state index is 10.1. The summed E-state index contributed by atoms with van der Waals surface area (Å²) in [6.07, 6.45) is 3.14. The predicted molar refractivity (Wildman–Crippen MR) is 89.0 cm³/mol. The lowest BCUT2D eigenvalue weighted by Crippen LogP contribution is -2.47. The number of hydrogen-bond acceptors (Lipinski definition) is 5. The molecule has 0 bridgehead atoms. The van der Waals surface area contributed by atoms with Crippen LogP contribution in [0.25, 0.3) is 0 Å². The highest BCUT2D eigenvalue weighted by atomic mass is 32.1. The highest BCUT2D eigenvalue weighted by Gasteiger charge is 2.35. The summed E-state index contributed by atoms with van der Waals surface area (Å²) in [6.45, 7) is 4.97. The van der Waals surface area contributed by atoms with Gasteiger partial charge in [0.2, 0.25) is 0 Å². The molecule has 0 fully saturated rings. The molecule has 1 heterocycles. The third-order valence-corrected chi connectivity index (χ3v) is 5.16. The second kappa shape index (κ2) is 6.44. The summed E-state index contributed by atoms with van der Waals surface area (Å²) in [7, 11) is 0. The monoisotopic (exact) mass is 317 g/mol. The fraction of sp³-hybridized carbons (Fsp3) is 0.529. The minimum atomic E-state index is -0.349. The van der Waals surface area contributed by atoms with Gasteiger partial charge in [0.1, 0.15) is 10.8 Å². The van der Waals surface area contributed by atoms with Gasteiger partial charge in [-0.05, 0) is 41.9 Å². The Morgan fingerprint density at radius 3 is 2.91 bits per heavy atom. The minimum Gasteiger partial charge on any atom is -0.394 e. The zero-order chi connectivity index (χ0) is 15.6. The molecule has 2 N–H and O–H groups in total. The molecule has 0 saturated heterocycles. The van der Waals surface area contributed by atoms with Crippen LogP contribution in [0.5, 0.6) is 0 Å². The van der Waals surface area contributed by atoms with Crippen LogP contribution >= 0.6 is 11.5 Å². The Morgan fingerprint density at radius 2 is 2.18 bits per heavy atom. The second-order valence-electron chi connectivity index (χ2n) is 6.31. The van der Waals surface area contributed by atoms with Crippen molar-refractivity contribution in [3.8, 4) is 0 Å². The maximum Gasteiger partial charge on any atom is 0.145 e. The number of nitrogens with one attached hydrogen (secondary N) is 1. The quantitative estimate of drug-likeness (QED) is 0.890. The van der Waals surface area contributed by atoms with Crippen molar-refractivity contribution in [3.05, 3.63) is 46.2 Å². The SMILES string of the molecule is CC(C)c1nsc(CNC2(CO)CCCc3ccccc32)n1. The van der Waals surface area contributed by atoms with E-state index in [1.54, 1.807) is 0 Å². The van der Waals surface area contributed by atoms with E-state index in [0.717, 1.165) is 30.1 Å². The van der Waals surface area contributed by atoms with Gasteiger partial charge in [-0.1, -0.05) is 38.1 Å². The van der Waals surface area contributed by atoms with Crippen molar-refractivity contribution in [2.24, 2.45) is 0 Å². The van der Waals surface area contributed by atoms with Gasteiger partial charge in [0, 0.05) is 5.92 Å². The Labute approximate surface area is 135 Å². The Bertz CT molecular complexity index is 640.